The van der Waals surface area contributed by atoms with Gasteiger partial charge in [0.2, 0.25) is 0 Å². The number of amides is 1. The van der Waals surface area contributed by atoms with E-state index in [4.69, 9.17) is 10.2 Å². The molecular weight excluding hydrogens is 274 g/mol. The van der Waals surface area contributed by atoms with Crippen molar-refractivity contribution >= 4 is 23.6 Å². The largest absolute Gasteiger partial charge is 0.480 e. The molecule has 0 aromatic carbocycles. The number of aliphatic hydroxyl groups excluding tert-OH is 1. The Morgan fingerprint density at radius 1 is 1.53 bits per heavy atom. The maximum absolute atomic E-state index is 12.0. The van der Waals surface area contributed by atoms with Gasteiger partial charge in [-0.05, 0) is 13.2 Å². The maximum Gasteiger partial charge on any atom is 0.346 e. The van der Waals surface area contributed by atoms with Crippen molar-refractivity contribution in [3.63, 3.8) is 0 Å². The quantitative estimate of drug-likeness (QED) is 0.402. The van der Waals surface area contributed by atoms with E-state index in [1.165, 1.54) is 6.92 Å². The van der Waals surface area contributed by atoms with Gasteiger partial charge in [-0.2, -0.15) is 4.98 Å². The number of aliphatic carboxylic acids is 1. The molecule has 0 aliphatic heterocycles. The minimum absolute atomic E-state index is 0.0896. The molecule has 0 spiro atoms. The van der Waals surface area contributed by atoms with Crippen molar-refractivity contribution in [1.29, 1.82) is 0 Å². The van der Waals surface area contributed by atoms with Gasteiger partial charge in [-0.15, -0.1) is 11.8 Å². The maximum atomic E-state index is 12.0. The second-order valence-corrected chi connectivity index (χ2v) is 4.39. The van der Waals surface area contributed by atoms with E-state index in [-0.39, 0.29) is 16.3 Å². The highest BCUT2D eigenvalue weighted by Crippen LogP contribution is 2.17. The molecule has 0 aliphatic carbocycles. The summed E-state index contributed by atoms with van der Waals surface area (Å²) >= 11 is 1.09. The van der Waals surface area contributed by atoms with Gasteiger partial charge in [-0.3, -0.25) is 4.79 Å². The van der Waals surface area contributed by atoms with Crippen molar-refractivity contribution in [1.82, 2.24) is 15.3 Å². The zero-order chi connectivity index (χ0) is 14.6. The fourth-order valence-electron chi connectivity index (χ4n) is 1.39. The van der Waals surface area contributed by atoms with Crippen LogP contribution in [0.15, 0.2) is 9.82 Å². The molecule has 0 fully saturated rings. The molecule has 1 rings (SSSR count). The number of hydrogen-bond donors (Lipinski definition) is 4. The number of carbonyl (C=O) groups excluding carboxylic acids is 1. The minimum atomic E-state index is -1.41. The molecule has 1 heterocycles. The number of carboxylic acid groups (broad SMARTS) is 1. The summed E-state index contributed by atoms with van der Waals surface area (Å²) in [6.45, 7) is 0.776. The number of hydrogen-bond acceptors (Lipinski definition) is 6. The Labute approximate surface area is 112 Å². The summed E-state index contributed by atoms with van der Waals surface area (Å²) in [4.78, 5) is 39.9. The topological polar surface area (TPSA) is 132 Å². The summed E-state index contributed by atoms with van der Waals surface area (Å²) in [5.41, 5.74) is -0.217. The Bertz CT molecular complexity index is 557. The number of aliphatic hydroxyl groups is 1. The van der Waals surface area contributed by atoms with Crippen LogP contribution in [-0.2, 0) is 4.79 Å². The number of carboxylic acids is 1. The number of carbonyl (C=O) groups is 2. The van der Waals surface area contributed by atoms with Crippen LogP contribution >= 0.6 is 11.8 Å². The molecule has 0 unspecified atom stereocenters. The van der Waals surface area contributed by atoms with Crippen molar-refractivity contribution < 1.29 is 19.8 Å². The zero-order valence-electron chi connectivity index (χ0n) is 10.3. The van der Waals surface area contributed by atoms with Gasteiger partial charge in [0.1, 0.15) is 5.03 Å². The average Bonchev–Trinajstić information content (AvgIpc) is 2.33. The van der Waals surface area contributed by atoms with Gasteiger partial charge in [-0.25, -0.2) is 9.59 Å². The summed E-state index contributed by atoms with van der Waals surface area (Å²) in [7, 11) is 0. The van der Waals surface area contributed by atoms with E-state index < -0.39 is 30.2 Å². The van der Waals surface area contributed by atoms with E-state index >= 15 is 0 Å². The summed E-state index contributed by atoms with van der Waals surface area (Å²) in [6, 6.07) is -1.41. The molecule has 9 heteroatoms. The van der Waals surface area contributed by atoms with E-state index in [1.54, 1.807) is 6.26 Å². The summed E-state index contributed by atoms with van der Waals surface area (Å²) < 4.78 is 0. The molecule has 19 heavy (non-hydrogen) atoms. The third-order valence-corrected chi connectivity index (χ3v) is 2.97. The lowest BCUT2D eigenvalue weighted by Crippen LogP contribution is -2.44. The first-order valence-corrected chi connectivity index (χ1v) is 6.42. The number of nitrogens with one attached hydrogen (secondary N) is 2. The van der Waals surface area contributed by atoms with Gasteiger partial charge in [0.25, 0.3) is 5.91 Å². The van der Waals surface area contributed by atoms with Gasteiger partial charge in [0.15, 0.2) is 6.04 Å². The number of aryl methyl sites for hydroxylation is 1. The van der Waals surface area contributed by atoms with Crippen LogP contribution in [0.25, 0.3) is 0 Å². The number of rotatable bonds is 5. The van der Waals surface area contributed by atoms with Crippen LogP contribution in [0, 0.1) is 6.92 Å². The molecule has 8 nitrogen and oxygen atoms in total. The first-order chi connectivity index (χ1) is 8.90. The molecule has 1 aromatic heterocycles. The second-order valence-electron chi connectivity index (χ2n) is 3.60. The Kier molecular flexibility index (Phi) is 5.07. The van der Waals surface area contributed by atoms with Crippen LogP contribution in [0.3, 0.4) is 0 Å². The predicted molar refractivity (Wildman–Crippen MR) is 67.4 cm³/mol. The highest BCUT2D eigenvalue weighted by Gasteiger charge is 2.23. The van der Waals surface area contributed by atoms with E-state index in [0.29, 0.717) is 0 Å². The number of H-pyrrole nitrogens is 1. The molecule has 1 amide bonds. The lowest BCUT2D eigenvalue weighted by atomic mass is 10.2. The van der Waals surface area contributed by atoms with Crippen LogP contribution in [-0.4, -0.2) is 51.0 Å². The number of thioether (sulfide) groups is 1. The Hall–Kier alpha value is -1.87. The van der Waals surface area contributed by atoms with Crippen molar-refractivity contribution in [2.75, 3.05) is 12.9 Å². The SMILES string of the molecule is CSc1nc(=O)[nH]c(C)c1C(=O)N[C@H](CO)C(=O)O. The molecule has 0 bridgehead atoms. The molecular formula is C10H13N3O5S. The fraction of sp³-hybridized carbons (Fsp3) is 0.400. The van der Waals surface area contributed by atoms with Crippen LogP contribution in [0.1, 0.15) is 16.1 Å². The summed E-state index contributed by atoms with van der Waals surface area (Å²) in [6.07, 6.45) is 1.64. The third kappa shape index (κ3) is 3.55. The van der Waals surface area contributed by atoms with E-state index in [1.807, 2.05) is 0 Å². The normalized spacial score (nSPS) is 11.9. The highest BCUT2D eigenvalue weighted by molar-refractivity contribution is 7.98. The van der Waals surface area contributed by atoms with Crippen LogP contribution in [0.2, 0.25) is 0 Å². The summed E-state index contributed by atoms with van der Waals surface area (Å²) in [5, 5.41) is 20.0. The average molecular weight is 287 g/mol. The zero-order valence-corrected chi connectivity index (χ0v) is 11.1. The van der Waals surface area contributed by atoms with E-state index in [0.717, 1.165) is 11.8 Å². The highest BCUT2D eigenvalue weighted by atomic mass is 32.2. The molecule has 104 valence electrons. The molecule has 0 saturated carbocycles. The lowest BCUT2D eigenvalue weighted by molar-refractivity contribution is -0.140. The van der Waals surface area contributed by atoms with E-state index in [9.17, 15) is 14.4 Å². The molecule has 0 aliphatic rings. The van der Waals surface area contributed by atoms with Crippen molar-refractivity contribution in [2.45, 2.75) is 18.0 Å². The van der Waals surface area contributed by atoms with Gasteiger partial charge < -0.3 is 20.5 Å². The van der Waals surface area contributed by atoms with Crippen molar-refractivity contribution in [3.8, 4) is 0 Å². The number of aromatic amines is 1. The molecule has 4 N–H and O–H groups in total. The Morgan fingerprint density at radius 3 is 2.63 bits per heavy atom. The van der Waals surface area contributed by atoms with Gasteiger partial charge in [0, 0.05) is 5.69 Å². The standard InChI is InChI=1S/C10H13N3O5S/c1-4-6(8(19-2)13-10(18)11-4)7(15)12-5(3-14)9(16)17/h5,14H,3H2,1-2H3,(H,12,15)(H,16,17)(H,11,13,18)/t5-/m1/s1. The molecule has 1 aromatic rings. The first-order valence-electron chi connectivity index (χ1n) is 5.20. The Morgan fingerprint density at radius 2 is 2.16 bits per heavy atom. The van der Waals surface area contributed by atoms with Crippen LogP contribution in [0.5, 0.6) is 0 Å². The van der Waals surface area contributed by atoms with Gasteiger partial charge >= 0.3 is 11.7 Å². The van der Waals surface area contributed by atoms with Gasteiger partial charge in [-0.1, -0.05) is 0 Å². The first kappa shape index (κ1) is 15.2. The number of aromatic nitrogens is 2. The minimum Gasteiger partial charge on any atom is -0.480 e. The smallest absolute Gasteiger partial charge is 0.346 e. The number of nitrogens with zero attached hydrogens (tertiary/aromatic N) is 1. The second kappa shape index (κ2) is 6.34. The summed E-state index contributed by atoms with van der Waals surface area (Å²) in [5.74, 6) is -2.07. The molecule has 0 radical (unpaired) electrons. The molecule has 1 atom stereocenters. The predicted octanol–water partition coefficient (Wildman–Crippen LogP) is -1.02. The fourth-order valence-corrected chi connectivity index (χ4v) is 2.01. The van der Waals surface area contributed by atoms with Crippen LogP contribution in [0.4, 0.5) is 0 Å². The molecule has 0 saturated heterocycles. The van der Waals surface area contributed by atoms with Crippen molar-refractivity contribution in [2.24, 2.45) is 0 Å². The van der Waals surface area contributed by atoms with Crippen molar-refractivity contribution in [3.05, 3.63) is 21.7 Å². The third-order valence-electron chi connectivity index (χ3n) is 2.29. The lowest BCUT2D eigenvalue weighted by Gasteiger charge is -2.14. The Balaban J connectivity index is 3.12. The monoisotopic (exact) mass is 287 g/mol. The van der Waals surface area contributed by atoms with E-state index in [2.05, 4.69) is 15.3 Å². The van der Waals surface area contributed by atoms with Gasteiger partial charge in [0.05, 0.1) is 12.2 Å². The van der Waals surface area contributed by atoms with Crippen LogP contribution < -0.4 is 11.0 Å².